The van der Waals surface area contributed by atoms with E-state index in [9.17, 15) is 14.4 Å². The molecule has 3 N–H and O–H groups in total. The van der Waals surface area contributed by atoms with Gasteiger partial charge in [-0.25, -0.2) is 0 Å². The first-order valence-corrected chi connectivity index (χ1v) is 11.4. The molecule has 0 radical (unpaired) electrons. The highest BCUT2D eigenvalue weighted by Gasteiger charge is 2.45. The van der Waals surface area contributed by atoms with Crippen LogP contribution in [0.15, 0.2) is 0 Å². The summed E-state index contributed by atoms with van der Waals surface area (Å²) >= 11 is 0. The molecule has 2 amide bonds. The van der Waals surface area contributed by atoms with Crippen LogP contribution in [-0.4, -0.2) is 91.3 Å². The van der Waals surface area contributed by atoms with Gasteiger partial charge in [-0.1, -0.05) is 20.8 Å². The number of ketones is 1. The average Bonchev–Trinajstić information content (AvgIpc) is 2.71. The topological polar surface area (TPSA) is 93.8 Å². The summed E-state index contributed by atoms with van der Waals surface area (Å²) in [5.41, 5.74) is -0.961. The van der Waals surface area contributed by atoms with E-state index in [0.29, 0.717) is 25.4 Å². The molecule has 1 atom stereocenters. The van der Waals surface area contributed by atoms with Crippen LogP contribution in [0.5, 0.6) is 0 Å². The first-order chi connectivity index (χ1) is 14.2. The van der Waals surface area contributed by atoms with Crippen molar-refractivity contribution in [2.45, 2.75) is 71.0 Å². The zero-order valence-corrected chi connectivity index (χ0v) is 19.4. The summed E-state index contributed by atoms with van der Waals surface area (Å²) < 4.78 is 0. The normalized spacial score (nSPS) is 21.9. The molecule has 0 spiro atoms. The van der Waals surface area contributed by atoms with E-state index in [0.717, 1.165) is 39.0 Å². The van der Waals surface area contributed by atoms with E-state index in [4.69, 9.17) is 0 Å². The van der Waals surface area contributed by atoms with Gasteiger partial charge in [0.15, 0.2) is 0 Å². The monoisotopic (exact) mass is 423 g/mol. The first kappa shape index (κ1) is 24.8. The van der Waals surface area contributed by atoms with Gasteiger partial charge in [-0.05, 0) is 65.2 Å². The predicted molar refractivity (Wildman–Crippen MR) is 118 cm³/mol. The number of hydrogen-bond donors (Lipinski definition) is 3. The lowest BCUT2D eigenvalue weighted by Crippen LogP contribution is -2.66. The number of amides is 2. The minimum atomic E-state index is -0.961. The van der Waals surface area contributed by atoms with Gasteiger partial charge in [0, 0.05) is 19.1 Å². The Morgan fingerprint density at radius 2 is 1.67 bits per heavy atom. The maximum Gasteiger partial charge on any atom is 0.246 e. The van der Waals surface area contributed by atoms with E-state index in [1.165, 1.54) is 6.92 Å². The van der Waals surface area contributed by atoms with E-state index in [1.54, 1.807) is 0 Å². The fraction of sp³-hybridized carbons (Fsp3) is 0.864. The van der Waals surface area contributed by atoms with Crippen molar-refractivity contribution in [2.75, 3.05) is 46.3 Å². The standard InChI is InChI=1S/C22H41N5O3/c1-6-23-19(16(2)3)20(29)25-22(21(30)24-15-17(4)28)9-13-27(14-10-22)18-7-11-26(5)12-8-18/h16,18-19,23H,6-15H2,1-5H3,(H,24,30)(H,25,29)/t19-/m0/s1. The van der Waals surface area contributed by atoms with Crippen LogP contribution in [0.1, 0.15) is 53.4 Å². The summed E-state index contributed by atoms with van der Waals surface area (Å²) in [6.45, 7) is 11.8. The molecule has 2 aliphatic heterocycles. The Hall–Kier alpha value is -1.51. The molecule has 0 aromatic carbocycles. The van der Waals surface area contributed by atoms with Crippen LogP contribution in [0.25, 0.3) is 0 Å². The number of Topliss-reactive ketones (excluding diaryl/α,β-unsaturated/α-hetero) is 1. The number of hydrogen-bond acceptors (Lipinski definition) is 6. The van der Waals surface area contributed by atoms with E-state index in [2.05, 4.69) is 32.8 Å². The fourth-order valence-corrected chi connectivity index (χ4v) is 4.58. The number of nitrogens with one attached hydrogen (secondary N) is 3. The average molecular weight is 424 g/mol. The SMILES string of the molecule is CCN[C@H](C(=O)NC1(C(=O)NCC(C)=O)CCN(C2CCN(C)CC2)CC1)C(C)C. The van der Waals surface area contributed by atoms with Gasteiger partial charge < -0.3 is 25.8 Å². The van der Waals surface area contributed by atoms with E-state index in [-0.39, 0.29) is 36.1 Å². The summed E-state index contributed by atoms with van der Waals surface area (Å²) in [5, 5.41) is 9.07. The fourth-order valence-electron chi connectivity index (χ4n) is 4.58. The Bertz CT molecular complexity index is 594. The Kier molecular flexibility index (Phi) is 9.25. The van der Waals surface area contributed by atoms with Crippen molar-refractivity contribution in [3.05, 3.63) is 0 Å². The smallest absolute Gasteiger partial charge is 0.246 e. The van der Waals surface area contributed by atoms with Crippen molar-refractivity contribution in [1.29, 1.82) is 0 Å². The molecule has 0 aromatic heterocycles. The molecule has 2 rings (SSSR count). The zero-order chi connectivity index (χ0) is 22.3. The number of carbonyl (C=O) groups is 3. The molecule has 2 saturated heterocycles. The maximum atomic E-state index is 13.1. The lowest BCUT2D eigenvalue weighted by atomic mass is 9.84. The first-order valence-electron chi connectivity index (χ1n) is 11.4. The molecule has 0 unspecified atom stereocenters. The van der Waals surface area contributed by atoms with Gasteiger partial charge in [0.1, 0.15) is 11.3 Å². The molecule has 2 heterocycles. The van der Waals surface area contributed by atoms with Crippen LogP contribution < -0.4 is 16.0 Å². The summed E-state index contributed by atoms with van der Waals surface area (Å²) in [5.74, 6) is -0.367. The van der Waals surface area contributed by atoms with Gasteiger partial charge in [0.25, 0.3) is 0 Å². The summed E-state index contributed by atoms with van der Waals surface area (Å²) in [6.07, 6.45) is 3.40. The van der Waals surface area contributed by atoms with Crippen molar-refractivity contribution >= 4 is 17.6 Å². The van der Waals surface area contributed by atoms with Crippen molar-refractivity contribution in [3.8, 4) is 0 Å². The molecule has 8 heteroatoms. The maximum absolute atomic E-state index is 13.1. The van der Waals surface area contributed by atoms with Crippen LogP contribution in [0.4, 0.5) is 0 Å². The predicted octanol–water partition coefficient (Wildman–Crippen LogP) is 0.371. The van der Waals surface area contributed by atoms with Gasteiger partial charge in [-0.15, -0.1) is 0 Å². The lowest BCUT2D eigenvalue weighted by Gasteiger charge is -2.46. The van der Waals surface area contributed by atoms with Gasteiger partial charge >= 0.3 is 0 Å². The number of carbonyl (C=O) groups excluding carboxylic acids is 3. The van der Waals surface area contributed by atoms with Crippen LogP contribution in [0.2, 0.25) is 0 Å². The number of rotatable bonds is 9. The van der Waals surface area contributed by atoms with Gasteiger partial charge in [0.05, 0.1) is 12.6 Å². The molecule has 0 aromatic rings. The third-order valence-corrected chi connectivity index (χ3v) is 6.52. The lowest BCUT2D eigenvalue weighted by molar-refractivity contribution is -0.138. The quantitative estimate of drug-likeness (QED) is 0.496. The molecule has 8 nitrogen and oxygen atoms in total. The molecule has 0 bridgehead atoms. The Labute approximate surface area is 181 Å². The van der Waals surface area contributed by atoms with Crippen LogP contribution in [0.3, 0.4) is 0 Å². The summed E-state index contributed by atoms with van der Waals surface area (Å²) in [7, 11) is 2.15. The van der Waals surface area contributed by atoms with Gasteiger partial charge in [-0.2, -0.15) is 0 Å². The number of likely N-dealkylation sites (N-methyl/N-ethyl adjacent to an activating group) is 1. The van der Waals surface area contributed by atoms with Crippen LogP contribution >= 0.6 is 0 Å². The number of piperidine rings is 2. The van der Waals surface area contributed by atoms with Gasteiger partial charge in [0.2, 0.25) is 11.8 Å². The van der Waals surface area contributed by atoms with Crippen molar-refractivity contribution in [2.24, 2.45) is 5.92 Å². The number of nitrogens with zero attached hydrogens (tertiary/aromatic N) is 2. The third-order valence-electron chi connectivity index (χ3n) is 6.52. The largest absolute Gasteiger partial charge is 0.347 e. The second-order valence-corrected chi connectivity index (χ2v) is 9.31. The summed E-state index contributed by atoms with van der Waals surface area (Å²) in [4.78, 5) is 42.4. The Balaban J connectivity index is 2.10. The molecule has 0 saturated carbocycles. The van der Waals surface area contributed by atoms with Crippen molar-refractivity contribution in [1.82, 2.24) is 25.8 Å². The molecule has 2 aliphatic rings. The van der Waals surface area contributed by atoms with Crippen LogP contribution in [-0.2, 0) is 14.4 Å². The van der Waals surface area contributed by atoms with Crippen molar-refractivity contribution in [3.63, 3.8) is 0 Å². The molecule has 0 aliphatic carbocycles. The summed E-state index contributed by atoms with van der Waals surface area (Å²) in [6, 6.07) is 0.194. The molecule has 2 fully saturated rings. The minimum absolute atomic E-state index is 0.00402. The molecule has 30 heavy (non-hydrogen) atoms. The number of likely N-dealkylation sites (tertiary alicyclic amines) is 2. The molecule has 172 valence electrons. The highest BCUT2D eigenvalue weighted by Crippen LogP contribution is 2.27. The Morgan fingerprint density at radius 3 is 2.17 bits per heavy atom. The Morgan fingerprint density at radius 1 is 1.07 bits per heavy atom. The highest BCUT2D eigenvalue weighted by molar-refractivity contribution is 5.95. The second-order valence-electron chi connectivity index (χ2n) is 9.31. The van der Waals surface area contributed by atoms with Crippen molar-refractivity contribution < 1.29 is 14.4 Å². The zero-order valence-electron chi connectivity index (χ0n) is 19.4. The third kappa shape index (κ3) is 6.49. The molecular formula is C22H41N5O3. The van der Waals surface area contributed by atoms with E-state index >= 15 is 0 Å². The second kappa shape index (κ2) is 11.2. The molecular weight excluding hydrogens is 382 g/mol. The highest BCUT2D eigenvalue weighted by atomic mass is 16.2. The minimum Gasteiger partial charge on any atom is -0.347 e. The van der Waals surface area contributed by atoms with E-state index in [1.807, 2.05) is 20.8 Å². The van der Waals surface area contributed by atoms with Crippen LogP contribution in [0, 0.1) is 5.92 Å². The van der Waals surface area contributed by atoms with E-state index < -0.39 is 5.54 Å². The van der Waals surface area contributed by atoms with Gasteiger partial charge in [-0.3, -0.25) is 14.4 Å².